The molecule has 3 rings (SSSR count). The number of rotatable bonds is 2. The quantitative estimate of drug-likeness (QED) is 0.686. The van der Waals surface area contributed by atoms with Crippen LogP contribution in [0.15, 0.2) is 51.2 Å². The van der Waals surface area contributed by atoms with Crippen molar-refractivity contribution in [3.63, 3.8) is 0 Å². The number of benzene rings is 1. The number of nitrogens with zero attached hydrogens (tertiary/aromatic N) is 1. The lowest BCUT2D eigenvalue weighted by Gasteiger charge is -2.16. The summed E-state index contributed by atoms with van der Waals surface area (Å²) in [5.74, 6) is 0.464. The Morgan fingerprint density at radius 1 is 1.11 bits per heavy atom. The van der Waals surface area contributed by atoms with Gasteiger partial charge in [-0.15, -0.1) is 0 Å². The van der Waals surface area contributed by atoms with Gasteiger partial charge in [-0.25, -0.2) is 0 Å². The maximum Gasteiger partial charge on any atom is 0.0413 e. The van der Waals surface area contributed by atoms with Crippen LogP contribution in [-0.4, -0.2) is 4.98 Å². The monoisotopic (exact) mass is 377 g/mol. The van der Waals surface area contributed by atoms with Crippen LogP contribution in [0.5, 0.6) is 0 Å². The van der Waals surface area contributed by atoms with E-state index in [9.17, 15) is 0 Å². The van der Waals surface area contributed by atoms with Crippen molar-refractivity contribution in [1.29, 1.82) is 0 Å². The third-order valence-corrected chi connectivity index (χ3v) is 5.03. The maximum absolute atomic E-state index is 4.17. The second-order valence-electron chi connectivity index (χ2n) is 4.86. The van der Waals surface area contributed by atoms with E-state index in [1.54, 1.807) is 0 Å². The van der Waals surface area contributed by atoms with Crippen molar-refractivity contribution >= 4 is 37.9 Å². The number of aromatic nitrogens is 1. The van der Waals surface area contributed by atoms with Gasteiger partial charge in [0.15, 0.2) is 0 Å². The Labute approximate surface area is 130 Å². The number of hydrogen-bond acceptors (Lipinski definition) is 1. The zero-order valence-corrected chi connectivity index (χ0v) is 13.7. The van der Waals surface area contributed by atoms with E-state index in [0.29, 0.717) is 5.92 Å². The zero-order chi connectivity index (χ0) is 13.4. The van der Waals surface area contributed by atoms with E-state index in [-0.39, 0.29) is 0 Å². The first-order valence-electron chi connectivity index (χ1n) is 6.22. The minimum Gasteiger partial charge on any atom is -0.262 e. The molecular formula is C16H13Br2N. The van der Waals surface area contributed by atoms with E-state index in [1.165, 1.54) is 22.3 Å². The van der Waals surface area contributed by atoms with E-state index in [2.05, 4.69) is 74.1 Å². The Morgan fingerprint density at radius 2 is 1.79 bits per heavy atom. The first-order valence-corrected chi connectivity index (χ1v) is 7.80. The molecule has 1 aliphatic carbocycles. The van der Waals surface area contributed by atoms with Gasteiger partial charge in [0.25, 0.3) is 0 Å². The lowest BCUT2D eigenvalue weighted by molar-refractivity contribution is 0.796. The average Bonchev–Trinajstić information content (AvgIpc) is 2.70. The van der Waals surface area contributed by atoms with Crippen LogP contribution in [0, 0.1) is 0 Å². The van der Waals surface area contributed by atoms with Crippen LogP contribution in [0.1, 0.15) is 29.5 Å². The molecular weight excluding hydrogens is 366 g/mol. The second kappa shape index (κ2) is 5.22. The molecule has 2 aromatic rings. The van der Waals surface area contributed by atoms with Crippen molar-refractivity contribution in [2.45, 2.75) is 19.3 Å². The molecule has 1 nitrogen and oxygen atoms in total. The van der Waals surface area contributed by atoms with E-state index in [0.717, 1.165) is 15.4 Å². The van der Waals surface area contributed by atoms with Gasteiger partial charge < -0.3 is 0 Å². The van der Waals surface area contributed by atoms with Gasteiger partial charge in [0.2, 0.25) is 0 Å². The Kier molecular flexibility index (Phi) is 3.59. The molecule has 0 radical (unpaired) electrons. The number of pyridine rings is 1. The van der Waals surface area contributed by atoms with Gasteiger partial charge in [0.1, 0.15) is 0 Å². The van der Waals surface area contributed by atoms with Crippen molar-refractivity contribution in [1.82, 2.24) is 4.98 Å². The molecule has 0 amide bonds. The van der Waals surface area contributed by atoms with Crippen LogP contribution in [-0.2, 0) is 6.42 Å². The van der Waals surface area contributed by atoms with Gasteiger partial charge >= 0.3 is 0 Å². The van der Waals surface area contributed by atoms with Gasteiger partial charge in [-0.2, -0.15) is 0 Å². The van der Waals surface area contributed by atoms with Gasteiger partial charge in [0.05, 0.1) is 0 Å². The lowest BCUT2D eigenvalue weighted by atomic mass is 9.90. The van der Waals surface area contributed by atoms with Crippen LogP contribution in [0.4, 0.5) is 0 Å². The molecule has 0 N–H and O–H groups in total. The molecule has 0 bridgehead atoms. The van der Waals surface area contributed by atoms with Gasteiger partial charge in [-0.05, 0) is 61.9 Å². The summed E-state index contributed by atoms with van der Waals surface area (Å²) in [7, 11) is 0. The van der Waals surface area contributed by atoms with Crippen molar-refractivity contribution < 1.29 is 0 Å². The summed E-state index contributed by atoms with van der Waals surface area (Å²) >= 11 is 7.20. The van der Waals surface area contributed by atoms with Gasteiger partial charge in [-0.3, -0.25) is 4.98 Å². The maximum atomic E-state index is 4.17. The fourth-order valence-electron chi connectivity index (χ4n) is 2.66. The molecule has 0 aliphatic heterocycles. The summed E-state index contributed by atoms with van der Waals surface area (Å²) < 4.78 is 2.14. The van der Waals surface area contributed by atoms with Crippen LogP contribution >= 0.6 is 31.9 Å². The predicted octanol–water partition coefficient (Wildman–Crippen LogP) is 5.35. The number of halogens is 2. The molecule has 0 saturated heterocycles. The van der Waals surface area contributed by atoms with E-state index in [4.69, 9.17) is 0 Å². The first-order chi connectivity index (χ1) is 9.16. The summed E-state index contributed by atoms with van der Waals surface area (Å²) in [6, 6.07) is 8.64. The number of allylic oxidation sites excluding steroid dienone is 1. The topological polar surface area (TPSA) is 12.9 Å². The molecule has 1 aromatic carbocycles. The Bertz CT molecular complexity index is 641. The fourth-order valence-corrected chi connectivity index (χ4v) is 3.91. The van der Waals surface area contributed by atoms with Crippen LogP contribution in [0.25, 0.3) is 6.08 Å². The van der Waals surface area contributed by atoms with E-state index in [1.807, 2.05) is 12.4 Å². The predicted molar refractivity (Wildman–Crippen MR) is 86.2 cm³/mol. The second-order valence-corrected chi connectivity index (χ2v) is 6.56. The van der Waals surface area contributed by atoms with E-state index >= 15 is 0 Å². The van der Waals surface area contributed by atoms with Crippen molar-refractivity contribution in [2.75, 3.05) is 0 Å². The smallest absolute Gasteiger partial charge is 0.0413 e. The van der Waals surface area contributed by atoms with Crippen molar-refractivity contribution in [2.24, 2.45) is 0 Å². The van der Waals surface area contributed by atoms with E-state index < -0.39 is 0 Å². The Morgan fingerprint density at radius 3 is 2.53 bits per heavy atom. The average molecular weight is 379 g/mol. The van der Waals surface area contributed by atoms with Crippen LogP contribution in [0.3, 0.4) is 0 Å². The molecule has 1 atom stereocenters. The highest BCUT2D eigenvalue weighted by molar-refractivity contribution is 9.11. The van der Waals surface area contributed by atoms with Crippen LogP contribution < -0.4 is 0 Å². The number of fused-ring (bicyclic) bond motifs is 1. The first kappa shape index (κ1) is 13.1. The Balaban J connectivity index is 1.99. The summed E-state index contributed by atoms with van der Waals surface area (Å²) in [5.41, 5.74) is 5.49. The molecule has 3 heteroatoms. The highest BCUT2D eigenvalue weighted by Crippen LogP contribution is 2.40. The molecule has 0 saturated carbocycles. The standard InChI is InChI=1S/C16H13Br2N/c1-10-6-11-4-2-3-5-12(11)13(10)7-14-15(17)8-19-9-16(14)18/h2-6,8-9,13H,7H2,1H3. The highest BCUT2D eigenvalue weighted by Gasteiger charge is 2.23. The summed E-state index contributed by atoms with van der Waals surface area (Å²) in [6.07, 6.45) is 7.01. The molecule has 0 spiro atoms. The molecule has 1 aromatic heterocycles. The third kappa shape index (κ3) is 2.41. The molecule has 19 heavy (non-hydrogen) atoms. The minimum absolute atomic E-state index is 0.464. The molecule has 96 valence electrons. The number of hydrogen-bond donors (Lipinski definition) is 0. The summed E-state index contributed by atoms with van der Waals surface area (Å²) in [6.45, 7) is 2.22. The summed E-state index contributed by atoms with van der Waals surface area (Å²) in [5, 5.41) is 0. The molecule has 1 aliphatic rings. The van der Waals surface area contributed by atoms with Crippen LogP contribution in [0.2, 0.25) is 0 Å². The molecule has 1 heterocycles. The molecule has 0 fully saturated rings. The lowest BCUT2D eigenvalue weighted by Crippen LogP contribution is -2.03. The minimum atomic E-state index is 0.464. The fraction of sp³-hybridized carbons (Fsp3) is 0.188. The Hall–Kier alpha value is -0.930. The van der Waals surface area contributed by atoms with Gasteiger partial charge in [0, 0.05) is 27.3 Å². The third-order valence-electron chi connectivity index (χ3n) is 3.66. The largest absolute Gasteiger partial charge is 0.262 e. The summed E-state index contributed by atoms with van der Waals surface area (Å²) in [4.78, 5) is 4.17. The highest BCUT2D eigenvalue weighted by atomic mass is 79.9. The van der Waals surface area contributed by atoms with Gasteiger partial charge in [-0.1, -0.05) is 35.9 Å². The zero-order valence-electron chi connectivity index (χ0n) is 10.5. The van der Waals surface area contributed by atoms with Crippen molar-refractivity contribution in [3.05, 3.63) is 67.9 Å². The normalized spacial score (nSPS) is 17.2. The molecule has 1 unspecified atom stereocenters. The van der Waals surface area contributed by atoms with Crippen molar-refractivity contribution in [3.8, 4) is 0 Å². The SMILES string of the molecule is CC1=Cc2ccccc2C1Cc1c(Br)cncc1Br.